The monoisotopic (exact) mass is 139 g/mol. The summed E-state index contributed by atoms with van der Waals surface area (Å²) in [5.41, 5.74) is 1.37. The summed E-state index contributed by atoms with van der Waals surface area (Å²) in [6.07, 6.45) is 7.36. The van der Waals surface area contributed by atoms with E-state index in [4.69, 9.17) is 0 Å². The average Bonchev–Trinajstić information content (AvgIpc) is 1.97. The van der Waals surface area contributed by atoms with E-state index in [0.717, 1.165) is 13.0 Å². The SMILES string of the molecule is C/C=C\C/C(C)=C\NCC. The quantitative estimate of drug-likeness (QED) is 0.590. The van der Waals surface area contributed by atoms with E-state index >= 15 is 0 Å². The minimum atomic E-state index is 1.01. The van der Waals surface area contributed by atoms with Gasteiger partial charge >= 0.3 is 0 Å². The summed E-state index contributed by atoms with van der Waals surface area (Å²) in [6.45, 7) is 7.27. The van der Waals surface area contributed by atoms with Crippen LogP contribution in [-0.4, -0.2) is 6.54 Å². The van der Waals surface area contributed by atoms with Crippen LogP contribution in [0.5, 0.6) is 0 Å². The predicted octanol–water partition coefficient (Wildman–Crippen LogP) is 2.47. The molecule has 0 amide bonds. The van der Waals surface area contributed by atoms with Crippen LogP contribution in [0.2, 0.25) is 0 Å². The fraction of sp³-hybridized carbons (Fsp3) is 0.556. The third kappa shape index (κ3) is 5.42. The Balaban J connectivity index is 3.49. The Bertz CT molecular complexity index is 123. The van der Waals surface area contributed by atoms with E-state index in [2.05, 4.69) is 37.5 Å². The lowest BCUT2D eigenvalue weighted by molar-refractivity contribution is 0.901. The smallest absolute Gasteiger partial charge is 0.0113 e. The zero-order valence-electron chi connectivity index (χ0n) is 7.15. The normalized spacial score (nSPS) is 12.5. The lowest BCUT2D eigenvalue weighted by atomic mass is 10.2. The first-order valence-electron chi connectivity index (χ1n) is 3.81. The van der Waals surface area contributed by atoms with Crippen LogP contribution in [0.15, 0.2) is 23.9 Å². The highest BCUT2D eigenvalue weighted by Gasteiger charge is 1.81. The van der Waals surface area contributed by atoms with Crippen LogP contribution in [0.1, 0.15) is 27.2 Å². The van der Waals surface area contributed by atoms with Gasteiger partial charge in [0, 0.05) is 6.54 Å². The number of nitrogens with one attached hydrogen (secondary N) is 1. The molecule has 10 heavy (non-hydrogen) atoms. The van der Waals surface area contributed by atoms with Crippen LogP contribution in [0.4, 0.5) is 0 Å². The van der Waals surface area contributed by atoms with E-state index in [9.17, 15) is 0 Å². The topological polar surface area (TPSA) is 12.0 Å². The van der Waals surface area contributed by atoms with Gasteiger partial charge in [-0.05, 0) is 33.4 Å². The molecule has 0 spiro atoms. The van der Waals surface area contributed by atoms with Crippen LogP contribution >= 0.6 is 0 Å². The van der Waals surface area contributed by atoms with Gasteiger partial charge in [0.05, 0.1) is 0 Å². The lowest BCUT2D eigenvalue weighted by Crippen LogP contribution is -2.02. The number of hydrogen-bond donors (Lipinski definition) is 1. The predicted molar refractivity (Wildman–Crippen MR) is 46.9 cm³/mol. The zero-order valence-corrected chi connectivity index (χ0v) is 7.15. The standard InChI is InChI=1S/C9H17N/c1-4-6-7-9(3)8-10-5-2/h4,6,8,10H,5,7H2,1-3H3/b6-4-,9-8-. The summed E-state index contributed by atoms with van der Waals surface area (Å²) >= 11 is 0. The minimum absolute atomic E-state index is 1.01. The molecular formula is C9H17N. The fourth-order valence-corrected chi connectivity index (χ4v) is 0.639. The molecule has 1 nitrogen and oxygen atoms in total. The Morgan fingerprint density at radius 3 is 2.70 bits per heavy atom. The molecule has 0 aliphatic rings. The van der Waals surface area contributed by atoms with Crippen molar-refractivity contribution >= 4 is 0 Å². The van der Waals surface area contributed by atoms with Crippen LogP contribution in [0.3, 0.4) is 0 Å². The Morgan fingerprint density at radius 2 is 2.20 bits per heavy atom. The Labute approximate surface area is 63.8 Å². The minimum Gasteiger partial charge on any atom is -0.391 e. The maximum absolute atomic E-state index is 3.16. The molecule has 0 saturated heterocycles. The van der Waals surface area contributed by atoms with Gasteiger partial charge in [-0.15, -0.1) is 0 Å². The summed E-state index contributed by atoms with van der Waals surface area (Å²) in [5.74, 6) is 0. The molecule has 0 aromatic rings. The van der Waals surface area contributed by atoms with E-state index in [1.807, 2.05) is 6.92 Å². The van der Waals surface area contributed by atoms with Crippen molar-refractivity contribution in [2.45, 2.75) is 27.2 Å². The Morgan fingerprint density at radius 1 is 1.50 bits per heavy atom. The summed E-state index contributed by atoms with van der Waals surface area (Å²) in [7, 11) is 0. The molecule has 0 radical (unpaired) electrons. The number of hydrogen-bond acceptors (Lipinski definition) is 1. The Hall–Kier alpha value is -0.720. The number of allylic oxidation sites excluding steroid dienone is 3. The van der Waals surface area contributed by atoms with Crippen molar-refractivity contribution in [2.75, 3.05) is 6.54 Å². The van der Waals surface area contributed by atoms with Crippen molar-refractivity contribution in [3.05, 3.63) is 23.9 Å². The van der Waals surface area contributed by atoms with Crippen molar-refractivity contribution in [3.8, 4) is 0 Å². The molecule has 0 aliphatic heterocycles. The zero-order chi connectivity index (χ0) is 7.82. The highest BCUT2D eigenvalue weighted by Crippen LogP contribution is 1.97. The molecule has 0 aromatic heterocycles. The van der Waals surface area contributed by atoms with Crippen molar-refractivity contribution in [3.63, 3.8) is 0 Å². The third-order valence-electron chi connectivity index (χ3n) is 1.23. The van der Waals surface area contributed by atoms with Gasteiger partial charge in [-0.25, -0.2) is 0 Å². The van der Waals surface area contributed by atoms with E-state index in [1.54, 1.807) is 0 Å². The molecule has 0 fully saturated rings. The molecule has 0 bridgehead atoms. The van der Waals surface area contributed by atoms with Crippen LogP contribution in [0.25, 0.3) is 0 Å². The second-order valence-corrected chi connectivity index (χ2v) is 2.32. The van der Waals surface area contributed by atoms with Gasteiger partial charge in [0.25, 0.3) is 0 Å². The van der Waals surface area contributed by atoms with Gasteiger partial charge in [-0.1, -0.05) is 17.7 Å². The molecule has 0 unspecified atom stereocenters. The van der Waals surface area contributed by atoms with E-state index < -0.39 is 0 Å². The molecular weight excluding hydrogens is 122 g/mol. The maximum Gasteiger partial charge on any atom is 0.0113 e. The maximum atomic E-state index is 3.16. The molecule has 0 aromatic carbocycles. The first kappa shape index (κ1) is 9.28. The molecule has 1 heteroatoms. The van der Waals surface area contributed by atoms with Gasteiger partial charge < -0.3 is 5.32 Å². The van der Waals surface area contributed by atoms with Crippen molar-refractivity contribution in [1.29, 1.82) is 0 Å². The molecule has 0 aliphatic carbocycles. The summed E-state index contributed by atoms with van der Waals surface area (Å²) in [4.78, 5) is 0. The lowest BCUT2D eigenvalue weighted by Gasteiger charge is -1.96. The van der Waals surface area contributed by atoms with Crippen LogP contribution in [-0.2, 0) is 0 Å². The number of rotatable bonds is 4. The largest absolute Gasteiger partial charge is 0.391 e. The molecule has 1 N–H and O–H groups in total. The molecule has 0 rings (SSSR count). The van der Waals surface area contributed by atoms with Gasteiger partial charge in [0.15, 0.2) is 0 Å². The Kier molecular flexibility index (Phi) is 5.94. The molecule has 0 heterocycles. The van der Waals surface area contributed by atoms with Crippen LogP contribution in [0, 0.1) is 0 Å². The fourth-order valence-electron chi connectivity index (χ4n) is 0.639. The average molecular weight is 139 g/mol. The first-order chi connectivity index (χ1) is 4.81. The van der Waals surface area contributed by atoms with E-state index in [1.165, 1.54) is 5.57 Å². The van der Waals surface area contributed by atoms with Gasteiger partial charge in [-0.3, -0.25) is 0 Å². The van der Waals surface area contributed by atoms with Crippen LogP contribution < -0.4 is 5.32 Å². The van der Waals surface area contributed by atoms with Gasteiger partial charge in [0.2, 0.25) is 0 Å². The molecule has 0 atom stereocenters. The summed E-state index contributed by atoms with van der Waals surface area (Å²) in [6, 6.07) is 0. The van der Waals surface area contributed by atoms with Crippen molar-refractivity contribution in [2.24, 2.45) is 0 Å². The summed E-state index contributed by atoms with van der Waals surface area (Å²) in [5, 5.41) is 3.16. The molecule has 58 valence electrons. The summed E-state index contributed by atoms with van der Waals surface area (Å²) < 4.78 is 0. The van der Waals surface area contributed by atoms with Crippen molar-refractivity contribution in [1.82, 2.24) is 5.32 Å². The van der Waals surface area contributed by atoms with Gasteiger partial charge in [-0.2, -0.15) is 0 Å². The van der Waals surface area contributed by atoms with Crippen molar-refractivity contribution < 1.29 is 0 Å². The second-order valence-electron chi connectivity index (χ2n) is 2.32. The third-order valence-corrected chi connectivity index (χ3v) is 1.23. The van der Waals surface area contributed by atoms with E-state index in [0.29, 0.717) is 0 Å². The second kappa shape index (κ2) is 6.40. The van der Waals surface area contributed by atoms with Gasteiger partial charge in [0.1, 0.15) is 0 Å². The highest BCUT2D eigenvalue weighted by molar-refractivity contribution is 5.02. The van der Waals surface area contributed by atoms with E-state index in [-0.39, 0.29) is 0 Å². The molecule has 0 saturated carbocycles. The first-order valence-corrected chi connectivity index (χ1v) is 3.81. The highest BCUT2D eigenvalue weighted by atomic mass is 14.8.